The standard InChI is InChI=1S/C16H20O2/c1-3-14(17)6-4-5-12-7-8-13-9-10-15(18-2)11-16(12)13/h5,9-11H,3-4,6-8H2,1-2H3. The van der Waals surface area contributed by atoms with Crippen LogP contribution in [0.4, 0.5) is 0 Å². The van der Waals surface area contributed by atoms with Crippen LogP contribution in [0.25, 0.3) is 5.57 Å². The van der Waals surface area contributed by atoms with Crippen molar-refractivity contribution in [1.29, 1.82) is 0 Å². The molecule has 0 aliphatic heterocycles. The first-order chi connectivity index (χ1) is 8.74. The molecule has 0 spiro atoms. The highest BCUT2D eigenvalue weighted by atomic mass is 16.5. The summed E-state index contributed by atoms with van der Waals surface area (Å²) in [6.45, 7) is 1.92. The summed E-state index contributed by atoms with van der Waals surface area (Å²) in [5, 5.41) is 0. The van der Waals surface area contributed by atoms with E-state index >= 15 is 0 Å². The van der Waals surface area contributed by atoms with E-state index in [-0.39, 0.29) is 0 Å². The van der Waals surface area contributed by atoms with Crippen molar-refractivity contribution in [1.82, 2.24) is 0 Å². The third kappa shape index (κ3) is 2.81. The van der Waals surface area contributed by atoms with Crippen molar-refractivity contribution in [2.45, 2.75) is 39.0 Å². The van der Waals surface area contributed by atoms with Crippen LogP contribution < -0.4 is 4.74 Å². The first kappa shape index (κ1) is 12.9. The molecule has 0 fully saturated rings. The summed E-state index contributed by atoms with van der Waals surface area (Å²) in [6.07, 6.45) is 6.58. The van der Waals surface area contributed by atoms with E-state index in [4.69, 9.17) is 4.74 Å². The highest BCUT2D eigenvalue weighted by Gasteiger charge is 2.16. The average molecular weight is 244 g/mol. The summed E-state index contributed by atoms with van der Waals surface area (Å²) in [6, 6.07) is 6.27. The number of Topliss-reactive ketones (excluding diaryl/α,β-unsaturated/α-hetero) is 1. The molecule has 0 bridgehead atoms. The van der Waals surface area contributed by atoms with Crippen LogP contribution in [0.3, 0.4) is 0 Å². The number of fused-ring (bicyclic) bond motifs is 1. The number of allylic oxidation sites excluding steroid dienone is 2. The minimum Gasteiger partial charge on any atom is -0.497 e. The quantitative estimate of drug-likeness (QED) is 0.787. The van der Waals surface area contributed by atoms with E-state index in [1.54, 1.807) is 7.11 Å². The summed E-state index contributed by atoms with van der Waals surface area (Å²) < 4.78 is 5.27. The summed E-state index contributed by atoms with van der Waals surface area (Å²) >= 11 is 0. The fraction of sp³-hybridized carbons (Fsp3) is 0.438. The van der Waals surface area contributed by atoms with Crippen molar-refractivity contribution >= 4 is 11.4 Å². The van der Waals surface area contributed by atoms with E-state index in [0.717, 1.165) is 25.0 Å². The van der Waals surface area contributed by atoms with Crippen molar-refractivity contribution in [3.63, 3.8) is 0 Å². The minimum absolute atomic E-state index is 0.343. The van der Waals surface area contributed by atoms with Crippen LogP contribution in [-0.4, -0.2) is 12.9 Å². The molecular formula is C16H20O2. The van der Waals surface area contributed by atoms with Gasteiger partial charge in [0.1, 0.15) is 11.5 Å². The molecule has 0 atom stereocenters. The Morgan fingerprint density at radius 1 is 1.39 bits per heavy atom. The van der Waals surface area contributed by atoms with Gasteiger partial charge in [-0.25, -0.2) is 0 Å². The molecule has 0 saturated heterocycles. The highest BCUT2D eigenvalue weighted by Crippen LogP contribution is 2.34. The zero-order chi connectivity index (χ0) is 13.0. The smallest absolute Gasteiger partial charge is 0.132 e. The van der Waals surface area contributed by atoms with Crippen LogP contribution in [0.1, 0.15) is 43.7 Å². The van der Waals surface area contributed by atoms with Gasteiger partial charge in [-0.1, -0.05) is 19.1 Å². The Labute approximate surface area is 109 Å². The third-order valence-electron chi connectivity index (χ3n) is 3.53. The second-order valence-corrected chi connectivity index (χ2v) is 4.68. The Morgan fingerprint density at radius 2 is 2.22 bits per heavy atom. The third-order valence-corrected chi connectivity index (χ3v) is 3.53. The molecule has 96 valence electrons. The monoisotopic (exact) mass is 244 g/mol. The van der Waals surface area contributed by atoms with Gasteiger partial charge >= 0.3 is 0 Å². The maximum absolute atomic E-state index is 11.3. The van der Waals surface area contributed by atoms with Crippen LogP contribution in [-0.2, 0) is 11.2 Å². The van der Waals surface area contributed by atoms with Crippen molar-refractivity contribution in [2.24, 2.45) is 0 Å². The fourth-order valence-electron chi connectivity index (χ4n) is 2.40. The molecule has 18 heavy (non-hydrogen) atoms. The Bertz CT molecular complexity index is 472. The van der Waals surface area contributed by atoms with E-state index in [0.29, 0.717) is 18.6 Å². The Hall–Kier alpha value is -1.57. The number of ether oxygens (including phenoxy) is 1. The van der Waals surface area contributed by atoms with Gasteiger partial charge in [0.05, 0.1) is 7.11 Å². The lowest BCUT2D eigenvalue weighted by molar-refractivity contribution is -0.118. The maximum atomic E-state index is 11.3. The van der Waals surface area contributed by atoms with Crippen LogP contribution in [0, 0.1) is 0 Å². The first-order valence-corrected chi connectivity index (χ1v) is 6.62. The van der Waals surface area contributed by atoms with E-state index in [9.17, 15) is 4.79 Å². The molecule has 0 unspecified atom stereocenters. The minimum atomic E-state index is 0.343. The first-order valence-electron chi connectivity index (χ1n) is 6.62. The number of hydrogen-bond donors (Lipinski definition) is 0. The molecule has 0 radical (unpaired) electrons. The molecule has 1 aromatic rings. The molecule has 1 aromatic carbocycles. The predicted octanol–water partition coefficient (Wildman–Crippen LogP) is 3.78. The number of hydrogen-bond acceptors (Lipinski definition) is 2. The molecule has 2 nitrogen and oxygen atoms in total. The number of ketones is 1. The van der Waals surface area contributed by atoms with Gasteiger partial charge < -0.3 is 4.74 Å². The van der Waals surface area contributed by atoms with Gasteiger partial charge in [-0.3, -0.25) is 4.79 Å². The lowest BCUT2D eigenvalue weighted by Gasteiger charge is -2.05. The zero-order valence-corrected chi connectivity index (χ0v) is 11.2. The summed E-state index contributed by atoms with van der Waals surface area (Å²) in [4.78, 5) is 11.3. The number of carbonyl (C=O) groups is 1. The number of benzene rings is 1. The number of rotatable bonds is 5. The van der Waals surface area contributed by atoms with Crippen LogP contribution >= 0.6 is 0 Å². The molecule has 1 aliphatic rings. The lowest BCUT2D eigenvalue weighted by Crippen LogP contribution is -1.93. The molecule has 0 saturated carbocycles. The van der Waals surface area contributed by atoms with Gasteiger partial charge in [0.2, 0.25) is 0 Å². The molecule has 0 N–H and O–H groups in total. The lowest BCUT2D eigenvalue weighted by atomic mass is 10.0. The summed E-state index contributed by atoms with van der Waals surface area (Å²) in [5.41, 5.74) is 4.06. The molecule has 2 rings (SSSR count). The SMILES string of the molecule is CCC(=O)CCC=C1CCc2ccc(OC)cc21. The van der Waals surface area contributed by atoms with E-state index in [1.165, 1.54) is 16.7 Å². The number of aryl methyl sites for hydroxylation is 1. The Morgan fingerprint density at radius 3 is 2.94 bits per heavy atom. The van der Waals surface area contributed by atoms with Gasteiger partial charge in [-0.15, -0.1) is 0 Å². The van der Waals surface area contributed by atoms with Gasteiger partial charge in [-0.2, -0.15) is 0 Å². The molecule has 2 heteroatoms. The van der Waals surface area contributed by atoms with Gasteiger partial charge in [0, 0.05) is 12.8 Å². The normalized spacial score (nSPS) is 15.8. The second-order valence-electron chi connectivity index (χ2n) is 4.68. The zero-order valence-electron chi connectivity index (χ0n) is 11.2. The van der Waals surface area contributed by atoms with Crippen LogP contribution in [0.2, 0.25) is 0 Å². The molecule has 0 heterocycles. The van der Waals surface area contributed by atoms with Crippen molar-refractivity contribution < 1.29 is 9.53 Å². The summed E-state index contributed by atoms with van der Waals surface area (Å²) in [7, 11) is 1.69. The largest absolute Gasteiger partial charge is 0.497 e. The van der Waals surface area contributed by atoms with Crippen LogP contribution in [0.15, 0.2) is 24.3 Å². The molecule has 0 amide bonds. The predicted molar refractivity (Wildman–Crippen MR) is 73.8 cm³/mol. The number of methoxy groups -OCH3 is 1. The van der Waals surface area contributed by atoms with Crippen LogP contribution in [0.5, 0.6) is 5.75 Å². The highest BCUT2D eigenvalue weighted by molar-refractivity contribution is 5.79. The molecule has 0 aromatic heterocycles. The van der Waals surface area contributed by atoms with Crippen molar-refractivity contribution in [3.8, 4) is 5.75 Å². The van der Waals surface area contributed by atoms with Crippen molar-refractivity contribution in [3.05, 3.63) is 35.4 Å². The molecule has 1 aliphatic carbocycles. The number of carbonyl (C=O) groups excluding carboxylic acids is 1. The fourth-order valence-corrected chi connectivity index (χ4v) is 2.40. The van der Waals surface area contributed by atoms with Crippen molar-refractivity contribution in [2.75, 3.05) is 7.11 Å². The average Bonchev–Trinajstić information content (AvgIpc) is 2.81. The van der Waals surface area contributed by atoms with Gasteiger partial charge in [0.25, 0.3) is 0 Å². The van der Waals surface area contributed by atoms with Gasteiger partial charge in [-0.05, 0) is 48.1 Å². The topological polar surface area (TPSA) is 26.3 Å². The second kappa shape index (κ2) is 5.85. The summed E-state index contributed by atoms with van der Waals surface area (Å²) in [5.74, 6) is 1.25. The maximum Gasteiger partial charge on any atom is 0.132 e. The van der Waals surface area contributed by atoms with E-state index < -0.39 is 0 Å². The van der Waals surface area contributed by atoms with E-state index in [2.05, 4.69) is 18.2 Å². The molecular weight excluding hydrogens is 224 g/mol. The van der Waals surface area contributed by atoms with Gasteiger partial charge in [0.15, 0.2) is 0 Å². The Kier molecular flexibility index (Phi) is 4.19. The van der Waals surface area contributed by atoms with E-state index in [1.807, 2.05) is 13.0 Å². The Balaban J connectivity index is 2.10.